The SMILES string of the molecule is C=C1/C=C/C=C(\[C@H]2CC[C@@]3([C@@H]4CC[C@H](O)Cc5cccc(c5)CC[C@@H](O)CN[C@H]5C(=O)N[C@@H](N)c6cccc(c65)CC(=O)/C(C)=C/4CC[C@@]3(C)O)[C@@H]2O)COCC#CC/C(C)=C/C[C@@H]1O. The first-order chi connectivity index (χ1) is 31.1. The zero-order valence-corrected chi connectivity index (χ0v) is 38.3. The van der Waals surface area contributed by atoms with E-state index in [0.717, 1.165) is 27.8 Å². The Balaban J connectivity index is 1.28. The number of nitrogens with one attached hydrogen (secondary N) is 2. The summed E-state index contributed by atoms with van der Waals surface area (Å²) in [6, 6.07) is 12.7. The highest BCUT2D eigenvalue weighted by Gasteiger charge is 2.64. The molecular weight excluding hydrogens is 819 g/mol. The van der Waals surface area contributed by atoms with Gasteiger partial charge in [0.2, 0.25) is 5.91 Å². The highest BCUT2D eigenvalue weighted by molar-refractivity contribution is 5.98. The zero-order chi connectivity index (χ0) is 46.5. The minimum atomic E-state index is -1.33. The van der Waals surface area contributed by atoms with Crippen LogP contribution in [0, 0.1) is 29.1 Å². The van der Waals surface area contributed by atoms with Crippen LogP contribution in [0.4, 0.5) is 0 Å². The second-order valence-corrected chi connectivity index (χ2v) is 19.4. The van der Waals surface area contributed by atoms with Crippen molar-refractivity contribution in [2.24, 2.45) is 23.0 Å². The molecule has 3 aliphatic heterocycles. The highest BCUT2D eigenvalue weighted by Crippen LogP contribution is 2.63. The predicted octanol–water partition coefficient (Wildman–Crippen LogP) is 5.60. The van der Waals surface area contributed by atoms with Gasteiger partial charge in [0.05, 0.1) is 36.6 Å². The lowest BCUT2D eigenvalue weighted by molar-refractivity contribution is -0.168. The van der Waals surface area contributed by atoms with Crippen LogP contribution < -0.4 is 16.4 Å². The maximum atomic E-state index is 14.8. The highest BCUT2D eigenvalue weighted by atomic mass is 16.5. The molecule has 65 heavy (non-hydrogen) atoms. The summed E-state index contributed by atoms with van der Waals surface area (Å²) >= 11 is 0. The number of nitrogens with two attached hydrogens (primary N) is 1. The van der Waals surface area contributed by atoms with E-state index in [1.165, 1.54) is 0 Å². The Labute approximate surface area is 384 Å². The fraction of sp³-hybridized carbons (Fsp3) is 0.519. The first-order valence-corrected chi connectivity index (χ1v) is 23.5. The molecule has 2 aromatic rings. The topological polar surface area (TPSA) is 195 Å². The number of carbonyl (C=O) groups excluding carboxylic acids is 2. The Kier molecular flexibility index (Phi) is 15.7. The lowest BCUT2D eigenvalue weighted by Gasteiger charge is -2.56. The van der Waals surface area contributed by atoms with Gasteiger partial charge in [-0.15, -0.1) is 0 Å². The van der Waals surface area contributed by atoms with Crippen molar-refractivity contribution in [2.45, 2.75) is 140 Å². The number of allylic oxidation sites excluding steroid dienone is 5. The largest absolute Gasteiger partial charge is 0.393 e. The van der Waals surface area contributed by atoms with Crippen molar-refractivity contribution in [1.82, 2.24) is 10.6 Å². The first kappa shape index (κ1) is 48.5. The normalized spacial score (nSPS) is 36.8. The lowest BCUT2D eigenvalue weighted by Crippen LogP contribution is -2.59. The van der Waals surface area contributed by atoms with E-state index < -0.39 is 59.5 Å². The molecule has 1 amide bonds. The van der Waals surface area contributed by atoms with Gasteiger partial charge < -0.3 is 41.3 Å². The molecule has 348 valence electrons. The molecule has 11 nitrogen and oxygen atoms in total. The van der Waals surface area contributed by atoms with Crippen molar-refractivity contribution in [3.05, 3.63) is 129 Å². The number of aliphatic hydroxyl groups is 5. The van der Waals surface area contributed by atoms with Gasteiger partial charge in [0, 0.05) is 30.7 Å². The van der Waals surface area contributed by atoms with Crippen LogP contribution in [-0.4, -0.2) is 87.0 Å². The molecule has 10 atom stereocenters. The van der Waals surface area contributed by atoms with E-state index in [1.807, 2.05) is 75.4 Å². The van der Waals surface area contributed by atoms with Crippen LogP contribution in [0.15, 0.2) is 101 Å². The molecule has 7 rings (SSSR count). The third-order valence-electron chi connectivity index (χ3n) is 15.1. The number of amides is 1. The van der Waals surface area contributed by atoms with E-state index in [1.54, 1.807) is 6.08 Å². The number of ether oxygens (including phenoxy) is 1. The zero-order valence-electron chi connectivity index (χ0n) is 38.3. The number of hydrogen-bond donors (Lipinski definition) is 8. The van der Waals surface area contributed by atoms with Crippen molar-refractivity contribution < 1.29 is 39.9 Å². The summed E-state index contributed by atoms with van der Waals surface area (Å²) < 4.78 is 6.13. The molecule has 0 unspecified atom stereocenters. The van der Waals surface area contributed by atoms with Gasteiger partial charge in [-0.05, 0) is 135 Å². The third kappa shape index (κ3) is 10.7. The summed E-state index contributed by atoms with van der Waals surface area (Å²) in [5, 5.41) is 65.4. The van der Waals surface area contributed by atoms with E-state index in [0.29, 0.717) is 98.5 Å². The average molecular weight is 888 g/mol. The number of aryl methyl sites for hydroxylation is 1. The van der Waals surface area contributed by atoms with Crippen molar-refractivity contribution in [3.63, 3.8) is 0 Å². The summed E-state index contributed by atoms with van der Waals surface area (Å²) in [4.78, 5) is 28.4. The minimum Gasteiger partial charge on any atom is -0.393 e. The smallest absolute Gasteiger partial charge is 0.243 e. The molecule has 0 saturated heterocycles. The van der Waals surface area contributed by atoms with Crippen molar-refractivity contribution >= 4 is 11.7 Å². The van der Waals surface area contributed by atoms with Crippen LogP contribution in [0.2, 0.25) is 0 Å². The summed E-state index contributed by atoms with van der Waals surface area (Å²) in [5.41, 5.74) is 11.9. The second-order valence-electron chi connectivity index (χ2n) is 19.4. The number of Topliss-reactive ketones (excluding diaryl/α,β-unsaturated/α-hetero) is 1. The number of carbonyl (C=O) groups is 2. The van der Waals surface area contributed by atoms with Gasteiger partial charge in [-0.2, -0.15) is 0 Å². The van der Waals surface area contributed by atoms with Crippen LogP contribution in [-0.2, 0) is 33.6 Å². The standard InChI is InChI=1S/C54H69N3O8/c1-33-10-5-6-27-65-32-39(15-7-11-34(2)46(60)22-17-33)43-24-26-54(50(43)62)45-21-20-40(58)29-37-13-8-12-36(28-37)18-19-41(59)31-56-49-48-38(14-9-16-44(48)51(55)57-52(49)63)30-47(61)35(3)42(45)23-25-53(54,4)64/h7-9,11-17,28,40-41,43,45-46,49-51,56,58-60,62,64H,2,10,18-27,29-32,55H2,1,3-4H3,(H,57,63)/b11-7+,33-17+,39-15-,42-35+/t40-,41+,43+,45+,46-,49+,50+,51+,53+,54+/m0/s1. The molecule has 9 N–H and O–H groups in total. The number of aliphatic hydroxyl groups excluding tert-OH is 4. The van der Waals surface area contributed by atoms with Gasteiger partial charge in [-0.25, -0.2) is 0 Å². The van der Waals surface area contributed by atoms with Crippen molar-refractivity contribution in [2.75, 3.05) is 19.8 Å². The number of fused-ring (bicyclic) bond motifs is 4. The van der Waals surface area contributed by atoms with Crippen LogP contribution >= 0.6 is 0 Å². The predicted molar refractivity (Wildman–Crippen MR) is 252 cm³/mol. The number of hydrogen-bond acceptors (Lipinski definition) is 10. The van der Waals surface area contributed by atoms with Gasteiger partial charge >= 0.3 is 0 Å². The maximum Gasteiger partial charge on any atom is 0.243 e. The molecule has 2 fully saturated rings. The van der Waals surface area contributed by atoms with Crippen molar-refractivity contribution in [3.8, 4) is 11.8 Å². The number of benzene rings is 2. The Morgan fingerprint density at radius 3 is 2.54 bits per heavy atom. The Bertz CT molecular complexity index is 2300. The van der Waals surface area contributed by atoms with E-state index in [-0.39, 0.29) is 37.9 Å². The lowest BCUT2D eigenvalue weighted by atomic mass is 9.52. The maximum absolute atomic E-state index is 14.8. The fourth-order valence-corrected chi connectivity index (χ4v) is 11.3. The van der Waals surface area contributed by atoms with Crippen LogP contribution in [0.25, 0.3) is 0 Å². The van der Waals surface area contributed by atoms with Gasteiger partial charge in [0.25, 0.3) is 0 Å². The Morgan fingerprint density at radius 2 is 1.72 bits per heavy atom. The number of rotatable bonds is 1. The average Bonchev–Trinajstić information content (AvgIpc) is 3.62. The molecule has 1 spiro atoms. The van der Waals surface area contributed by atoms with Gasteiger partial charge in [-0.1, -0.05) is 96.3 Å². The monoisotopic (exact) mass is 888 g/mol. The molecule has 3 heterocycles. The van der Waals surface area contributed by atoms with Crippen LogP contribution in [0.1, 0.15) is 119 Å². The van der Waals surface area contributed by atoms with E-state index in [4.69, 9.17) is 10.5 Å². The second kappa shape index (κ2) is 21.0. The summed E-state index contributed by atoms with van der Waals surface area (Å²) in [6.07, 6.45) is 8.42. The van der Waals surface area contributed by atoms with Crippen LogP contribution in [0.3, 0.4) is 0 Å². The molecule has 2 aromatic carbocycles. The van der Waals surface area contributed by atoms with Gasteiger partial charge in [0.15, 0.2) is 5.78 Å². The van der Waals surface area contributed by atoms with E-state index in [2.05, 4.69) is 35.1 Å². The Hall–Kier alpha value is -4.48. The molecule has 2 aliphatic carbocycles. The molecule has 2 saturated carbocycles. The fourth-order valence-electron chi connectivity index (χ4n) is 11.3. The van der Waals surface area contributed by atoms with E-state index >= 15 is 0 Å². The molecule has 2 bridgehead atoms. The molecule has 0 aromatic heterocycles. The molecule has 5 aliphatic rings. The third-order valence-corrected chi connectivity index (χ3v) is 15.1. The van der Waals surface area contributed by atoms with Crippen LogP contribution in [0.5, 0.6) is 0 Å². The summed E-state index contributed by atoms with van der Waals surface area (Å²) in [5.74, 6) is 4.91. The Morgan fingerprint density at radius 1 is 0.938 bits per heavy atom. The number of β-amino-alcohol motifs (C(OH)–C–C–N with tert-alkyl or cyclic N) is 1. The van der Waals surface area contributed by atoms with Gasteiger partial charge in [-0.3, -0.25) is 14.9 Å². The minimum absolute atomic E-state index is 0.00707. The van der Waals surface area contributed by atoms with E-state index in [9.17, 15) is 35.1 Å². The molecule has 0 radical (unpaired) electrons. The van der Waals surface area contributed by atoms with Crippen molar-refractivity contribution in [1.29, 1.82) is 0 Å². The quantitative estimate of drug-likeness (QED) is 0.132. The first-order valence-electron chi connectivity index (χ1n) is 23.5. The summed E-state index contributed by atoms with van der Waals surface area (Å²) in [7, 11) is 0. The van der Waals surface area contributed by atoms with Gasteiger partial charge in [0.1, 0.15) is 18.8 Å². The molecule has 11 heteroatoms. The summed E-state index contributed by atoms with van der Waals surface area (Å²) in [6.45, 7) is 10.3. The number of ketones is 1. The molecular formula is C54H69N3O8.